The SMILES string of the molecule is CCOc1ccc(NC(=O)CSc2ccc(NC(=O)c3ccc(C)cc3)nn2)cc1. The highest BCUT2D eigenvalue weighted by molar-refractivity contribution is 7.99. The summed E-state index contributed by atoms with van der Waals surface area (Å²) in [5.41, 5.74) is 2.33. The molecule has 8 heteroatoms. The van der Waals surface area contributed by atoms with E-state index in [1.54, 1.807) is 48.5 Å². The molecule has 0 aliphatic heterocycles. The van der Waals surface area contributed by atoms with E-state index < -0.39 is 0 Å². The molecule has 1 heterocycles. The monoisotopic (exact) mass is 422 g/mol. The summed E-state index contributed by atoms with van der Waals surface area (Å²) < 4.78 is 5.38. The lowest BCUT2D eigenvalue weighted by atomic mass is 10.1. The summed E-state index contributed by atoms with van der Waals surface area (Å²) in [6, 6.07) is 17.8. The number of hydrogen-bond donors (Lipinski definition) is 2. The maximum absolute atomic E-state index is 12.2. The van der Waals surface area contributed by atoms with Crippen molar-refractivity contribution in [2.45, 2.75) is 18.9 Å². The Kier molecular flexibility index (Phi) is 7.40. The molecule has 7 nitrogen and oxygen atoms in total. The molecule has 0 atom stereocenters. The Morgan fingerprint density at radius 3 is 2.30 bits per heavy atom. The molecule has 3 rings (SSSR count). The second-order valence-electron chi connectivity index (χ2n) is 6.37. The molecule has 0 fully saturated rings. The van der Waals surface area contributed by atoms with Gasteiger partial charge in [0.25, 0.3) is 5.91 Å². The van der Waals surface area contributed by atoms with Gasteiger partial charge in [0.2, 0.25) is 5.91 Å². The van der Waals surface area contributed by atoms with Crippen LogP contribution in [0.4, 0.5) is 11.5 Å². The Hall–Kier alpha value is -3.39. The molecular weight excluding hydrogens is 400 g/mol. The number of ether oxygens (including phenoxy) is 1. The minimum Gasteiger partial charge on any atom is -0.494 e. The van der Waals surface area contributed by atoms with Crippen molar-refractivity contribution in [2.24, 2.45) is 0 Å². The fourth-order valence-corrected chi connectivity index (χ4v) is 3.11. The largest absolute Gasteiger partial charge is 0.494 e. The van der Waals surface area contributed by atoms with Crippen LogP contribution >= 0.6 is 11.8 Å². The number of aryl methyl sites for hydroxylation is 1. The second-order valence-corrected chi connectivity index (χ2v) is 7.37. The van der Waals surface area contributed by atoms with Crippen LogP contribution in [0.2, 0.25) is 0 Å². The highest BCUT2D eigenvalue weighted by Crippen LogP contribution is 2.18. The minimum atomic E-state index is -0.251. The Bertz CT molecular complexity index is 990. The average Bonchev–Trinajstić information content (AvgIpc) is 2.75. The lowest BCUT2D eigenvalue weighted by Crippen LogP contribution is -2.14. The van der Waals surface area contributed by atoms with E-state index in [1.807, 2.05) is 26.0 Å². The van der Waals surface area contributed by atoms with Crippen LogP contribution in [0.1, 0.15) is 22.8 Å². The van der Waals surface area contributed by atoms with Crippen LogP contribution in [0.5, 0.6) is 5.75 Å². The maximum Gasteiger partial charge on any atom is 0.256 e. The number of rotatable bonds is 8. The molecule has 2 N–H and O–H groups in total. The molecule has 3 aromatic rings. The number of thioether (sulfide) groups is 1. The zero-order valence-corrected chi connectivity index (χ0v) is 17.5. The van der Waals surface area contributed by atoms with Crippen molar-refractivity contribution >= 4 is 35.1 Å². The van der Waals surface area contributed by atoms with Gasteiger partial charge in [0, 0.05) is 11.3 Å². The van der Waals surface area contributed by atoms with E-state index in [4.69, 9.17) is 4.74 Å². The van der Waals surface area contributed by atoms with Crippen molar-refractivity contribution in [2.75, 3.05) is 23.0 Å². The van der Waals surface area contributed by atoms with E-state index in [2.05, 4.69) is 20.8 Å². The summed E-state index contributed by atoms with van der Waals surface area (Å²) >= 11 is 1.26. The third kappa shape index (κ3) is 6.31. The Labute approximate surface area is 179 Å². The first-order chi connectivity index (χ1) is 14.5. The van der Waals surface area contributed by atoms with Crippen LogP contribution in [-0.4, -0.2) is 34.4 Å². The number of hydrogen-bond acceptors (Lipinski definition) is 6. The van der Waals surface area contributed by atoms with E-state index in [0.29, 0.717) is 28.7 Å². The zero-order valence-electron chi connectivity index (χ0n) is 16.7. The Balaban J connectivity index is 1.47. The van der Waals surface area contributed by atoms with Gasteiger partial charge >= 0.3 is 0 Å². The fourth-order valence-electron chi connectivity index (χ4n) is 2.49. The molecule has 154 valence electrons. The summed E-state index contributed by atoms with van der Waals surface area (Å²) in [5, 5.41) is 14.2. The lowest BCUT2D eigenvalue weighted by molar-refractivity contribution is -0.113. The van der Waals surface area contributed by atoms with Crippen molar-refractivity contribution in [3.8, 4) is 5.75 Å². The third-order valence-electron chi connectivity index (χ3n) is 4.00. The van der Waals surface area contributed by atoms with Crippen LogP contribution in [0, 0.1) is 6.92 Å². The predicted molar refractivity (Wildman–Crippen MR) is 118 cm³/mol. The standard InChI is InChI=1S/C22H22N4O3S/c1-3-29-18-10-8-17(9-11-18)23-20(27)14-30-21-13-12-19(25-26-21)24-22(28)16-6-4-15(2)5-7-16/h4-13H,3,14H2,1-2H3,(H,23,27)(H,24,25,28). The summed E-state index contributed by atoms with van der Waals surface area (Å²) in [6.45, 7) is 4.47. The van der Waals surface area contributed by atoms with E-state index in [9.17, 15) is 9.59 Å². The van der Waals surface area contributed by atoms with Gasteiger partial charge in [-0.3, -0.25) is 9.59 Å². The molecule has 2 amide bonds. The zero-order chi connectivity index (χ0) is 21.3. The van der Waals surface area contributed by atoms with E-state index in [-0.39, 0.29) is 17.6 Å². The topological polar surface area (TPSA) is 93.2 Å². The molecule has 0 unspecified atom stereocenters. The first-order valence-electron chi connectivity index (χ1n) is 9.41. The maximum atomic E-state index is 12.2. The highest BCUT2D eigenvalue weighted by atomic mass is 32.2. The third-order valence-corrected chi connectivity index (χ3v) is 4.92. The van der Waals surface area contributed by atoms with Crippen LogP contribution in [-0.2, 0) is 4.79 Å². The number of nitrogens with one attached hydrogen (secondary N) is 2. The number of anilines is 2. The molecule has 30 heavy (non-hydrogen) atoms. The predicted octanol–water partition coefficient (Wildman–Crippen LogP) is 4.17. The molecule has 0 bridgehead atoms. The number of aromatic nitrogens is 2. The number of amides is 2. The van der Waals surface area contributed by atoms with Gasteiger partial charge < -0.3 is 15.4 Å². The molecular formula is C22H22N4O3S. The lowest BCUT2D eigenvalue weighted by Gasteiger charge is -2.07. The summed E-state index contributed by atoms with van der Waals surface area (Å²) in [4.78, 5) is 24.3. The van der Waals surface area contributed by atoms with Crippen LogP contribution in [0.15, 0.2) is 65.7 Å². The van der Waals surface area contributed by atoms with Gasteiger partial charge in [0.1, 0.15) is 10.8 Å². The van der Waals surface area contributed by atoms with Gasteiger partial charge in [-0.05, 0) is 62.4 Å². The van der Waals surface area contributed by atoms with Crippen molar-refractivity contribution in [3.63, 3.8) is 0 Å². The van der Waals surface area contributed by atoms with Crippen LogP contribution in [0.3, 0.4) is 0 Å². The fraction of sp³-hybridized carbons (Fsp3) is 0.182. The van der Waals surface area contributed by atoms with E-state index in [1.165, 1.54) is 11.8 Å². The molecule has 0 aliphatic carbocycles. The molecule has 2 aromatic carbocycles. The van der Waals surface area contributed by atoms with Gasteiger partial charge in [-0.25, -0.2) is 0 Å². The van der Waals surface area contributed by atoms with Gasteiger partial charge in [-0.15, -0.1) is 10.2 Å². The number of benzene rings is 2. The Morgan fingerprint density at radius 2 is 1.67 bits per heavy atom. The van der Waals surface area contributed by atoms with E-state index in [0.717, 1.165) is 11.3 Å². The highest BCUT2D eigenvalue weighted by Gasteiger charge is 2.09. The van der Waals surface area contributed by atoms with Gasteiger partial charge in [0.15, 0.2) is 5.82 Å². The van der Waals surface area contributed by atoms with Gasteiger partial charge in [0.05, 0.1) is 12.4 Å². The van der Waals surface area contributed by atoms with Crippen molar-refractivity contribution in [1.82, 2.24) is 10.2 Å². The van der Waals surface area contributed by atoms with Crippen molar-refractivity contribution in [1.29, 1.82) is 0 Å². The molecule has 0 saturated carbocycles. The minimum absolute atomic E-state index is 0.150. The smallest absolute Gasteiger partial charge is 0.256 e. The van der Waals surface area contributed by atoms with Gasteiger partial charge in [-0.2, -0.15) is 0 Å². The van der Waals surface area contributed by atoms with E-state index >= 15 is 0 Å². The number of carbonyl (C=O) groups excluding carboxylic acids is 2. The molecule has 0 aliphatic rings. The van der Waals surface area contributed by atoms with Crippen molar-refractivity contribution in [3.05, 3.63) is 71.8 Å². The average molecular weight is 423 g/mol. The summed E-state index contributed by atoms with van der Waals surface area (Å²) in [6.07, 6.45) is 0. The summed E-state index contributed by atoms with van der Waals surface area (Å²) in [5.74, 6) is 0.900. The molecule has 1 aromatic heterocycles. The second kappa shape index (κ2) is 10.4. The quantitative estimate of drug-likeness (QED) is 0.529. The van der Waals surface area contributed by atoms with Crippen LogP contribution in [0.25, 0.3) is 0 Å². The van der Waals surface area contributed by atoms with Crippen molar-refractivity contribution < 1.29 is 14.3 Å². The van der Waals surface area contributed by atoms with Gasteiger partial charge in [-0.1, -0.05) is 29.5 Å². The first-order valence-corrected chi connectivity index (χ1v) is 10.4. The molecule has 0 radical (unpaired) electrons. The number of nitrogens with zero attached hydrogens (tertiary/aromatic N) is 2. The normalized spacial score (nSPS) is 10.3. The summed E-state index contributed by atoms with van der Waals surface area (Å²) in [7, 11) is 0. The molecule has 0 spiro atoms. The molecule has 0 saturated heterocycles. The van der Waals surface area contributed by atoms with Crippen LogP contribution < -0.4 is 15.4 Å². The Morgan fingerprint density at radius 1 is 0.933 bits per heavy atom. The number of carbonyl (C=O) groups is 2. The first kappa shape index (κ1) is 21.3.